The summed E-state index contributed by atoms with van der Waals surface area (Å²) in [5.74, 6) is 0.802. The van der Waals surface area contributed by atoms with Crippen molar-refractivity contribution in [3.05, 3.63) is 22.7 Å². The first-order valence-corrected chi connectivity index (χ1v) is 9.82. The van der Waals surface area contributed by atoms with Crippen LogP contribution in [0.5, 0.6) is 11.5 Å². The van der Waals surface area contributed by atoms with Gasteiger partial charge in [0.1, 0.15) is 11.5 Å². The number of aromatic hydroxyl groups is 2. The average molecular weight is 420 g/mol. The molecule has 29 heavy (non-hydrogen) atoms. The number of phenolic OH excluding ortho intramolecular Hbond substituents is 2. The smallest absolute Gasteiger partial charge is 0.229 e. The number of hydrogen-bond donors (Lipinski definition) is 4. The van der Waals surface area contributed by atoms with Gasteiger partial charge in [-0.1, -0.05) is 16.8 Å². The third kappa shape index (κ3) is 3.60. The third-order valence-corrected chi connectivity index (χ3v) is 5.39. The average Bonchev–Trinajstić information content (AvgIpc) is 3.35. The van der Waals surface area contributed by atoms with E-state index in [0.29, 0.717) is 35.0 Å². The Morgan fingerprint density at radius 1 is 1.24 bits per heavy atom. The fourth-order valence-corrected chi connectivity index (χ4v) is 3.67. The Morgan fingerprint density at radius 2 is 2.07 bits per heavy atom. The number of anilines is 2. The highest BCUT2D eigenvalue weighted by Gasteiger charge is 2.28. The highest BCUT2D eigenvalue weighted by molar-refractivity contribution is 6.32. The predicted octanol–water partition coefficient (Wildman–Crippen LogP) is 1.88. The highest BCUT2D eigenvalue weighted by atomic mass is 35.5. The summed E-state index contributed by atoms with van der Waals surface area (Å²) in [6.45, 7) is 3.53. The van der Waals surface area contributed by atoms with Crippen LogP contribution >= 0.6 is 11.6 Å². The molecule has 4 rings (SSSR count). The van der Waals surface area contributed by atoms with Crippen molar-refractivity contribution in [2.75, 3.05) is 23.4 Å². The maximum atomic E-state index is 10.1. The van der Waals surface area contributed by atoms with Gasteiger partial charge < -0.3 is 25.5 Å². The van der Waals surface area contributed by atoms with Crippen LogP contribution in [0.25, 0.3) is 11.2 Å². The standard InChI is InChI=1S/C18H22ClN7O3/c1-2-26-17-15(23-24-26)16(20-8-10-6-14(29)12(19)7-13(10)28)21-18(22-17)25-5-3-4-11(25)9-27/h6-7,11,27-29H,2-5,8-9H2,1H3,(H,20,21,22)/t11-/m1/s1. The molecule has 3 heterocycles. The van der Waals surface area contributed by atoms with Crippen molar-refractivity contribution in [1.82, 2.24) is 25.0 Å². The molecule has 0 saturated carbocycles. The van der Waals surface area contributed by atoms with E-state index in [-0.39, 0.29) is 35.7 Å². The number of nitrogens with zero attached hydrogens (tertiary/aromatic N) is 6. The Labute approximate surface area is 171 Å². The van der Waals surface area contributed by atoms with Crippen LogP contribution in [0.15, 0.2) is 12.1 Å². The Bertz CT molecular complexity index is 1040. The van der Waals surface area contributed by atoms with Gasteiger partial charge >= 0.3 is 0 Å². The molecule has 1 aliphatic rings. The summed E-state index contributed by atoms with van der Waals surface area (Å²) in [4.78, 5) is 11.2. The maximum absolute atomic E-state index is 10.1. The molecule has 1 fully saturated rings. The van der Waals surface area contributed by atoms with Gasteiger partial charge in [-0.05, 0) is 25.8 Å². The number of phenols is 2. The summed E-state index contributed by atoms with van der Waals surface area (Å²) in [6.07, 6.45) is 1.84. The van der Waals surface area contributed by atoms with E-state index in [2.05, 4.69) is 25.6 Å². The minimum atomic E-state index is -0.116. The van der Waals surface area contributed by atoms with E-state index in [1.807, 2.05) is 11.8 Å². The van der Waals surface area contributed by atoms with Crippen LogP contribution in [-0.2, 0) is 13.1 Å². The van der Waals surface area contributed by atoms with Crippen LogP contribution in [0, 0.1) is 0 Å². The number of benzene rings is 1. The van der Waals surface area contributed by atoms with E-state index in [1.54, 1.807) is 4.68 Å². The normalized spacial score (nSPS) is 16.7. The van der Waals surface area contributed by atoms with E-state index in [1.165, 1.54) is 12.1 Å². The van der Waals surface area contributed by atoms with Gasteiger partial charge in [0.15, 0.2) is 17.0 Å². The summed E-state index contributed by atoms with van der Waals surface area (Å²) >= 11 is 5.82. The van der Waals surface area contributed by atoms with Crippen LogP contribution in [0.1, 0.15) is 25.3 Å². The summed E-state index contributed by atoms with van der Waals surface area (Å²) in [5.41, 5.74) is 1.55. The second kappa shape index (κ2) is 7.88. The number of nitrogens with one attached hydrogen (secondary N) is 1. The monoisotopic (exact) mass is 419 g/mol. The quantitative estimate of drug-likeness (QED) is 0.442. The van der Waals surface area contributed by atoms with Crippen molar-refractivity contribution in [1.29, 1.82) is 0 Å². The molecule has 0 radical (unpaired) electrons. The summed E-state index contributed by atoms with van der Waals surface area (Å²) in [6, 6.07) is 2.66. The van der Waals surface area contributed by atoms with Crippen molar-refractivity contribution >= 4 is 34.5 Å². The zero-order valence-corrected chi connectivity index (χ0v) is 16.6. The molecule has 1 atom stereocenters. The molecular weight excluding hydrogens is 398 g/mol. The molecule has 11 heteroatoms. The zero-order valence-electron chi connectivity index (χ0n) is 15.9. The maximum Gasteiger partial charge on any atom is 0.229 e. The fourth-order valence-electron chi connectivity index (χ4n) is 3.51. The lowest BCUT2D eigenvalue weighted by Gasteiger charge is -2.23. The summed E-state index contributed by atoms with van der Waals surface area (Å²) < 4.78 is 1.68. The number of aryl methyl sites for hydroxylation is 1. The van der Waals surface area contributed by atoms with Crippen molar-refractivity contribution in [2.24, 2.45) is 0 Å². The molecule has 1 saturated heterocycles. The van der Waals surface area contributed by atoms with E-state index in [9.17, 15) is 15.3 Å². The van der Waals surface area contributed by atoms with Gasteiger partial charge in [0.2, 0.25) is 5.95 Å². The molecule has 0 unspecified atom stereocenters. The molecule has 0 amide bonds. The Balaban J connectivity index is 1.71. The Hall–Kier alpha value is -2.85. The first-order valence-electron chi connectivity index (χ1n) is 9.44. The molecule has 0 bridgehead atoms. The molecule has 2 aromatic heterocycles. The molecule has 1 aliphatic heterocycles. The van der Waals surface area contributed by atoms with Crippen LogP contribution in [0.4, 0.5) is 11.8 Å². The van der Waals surface area contributed by atoms with E-state index in [4.69, 9.17) is 11.6 Å². The lowest BCUT2D eigenvalue weighted by molar-refractivity contribution is 0.265. The predicted molar refractivity (Wildman–Crippen MR) is 108 cm³/mol. The number of halogens is 1. The minimum absolute atomic E-state index is 0.0245. The summed E-state index contributed by atoms with van der Waals surface area (Å²) in [7, 11) is 0. The van der Waals surface area contributed by atoms with E-state index in [0.717, 1.165) is 19.4 Å². The number of hydrogen-bond acceptors (Lipinski definition) is 9. The van der Waals surface area contributed by atoms with Crippen molar-refractivity contribution < 1.29 is 15.3 Å². The fraction of sp³-hybridized carbons (Fsp3) is 0.444. The van der Waals surface area contributed by atoms with Gasteiger partial charge in [-0.25, -0.2) is 4.68 Å². The summed E-state index contributed by atoms with van der Waals surface area (Å²) in [5, 5.41) is 41.1. The largest absolute Gasteiger partial charge is 0.508 e. The molecule has 0 aliphatic carbocycles. The van der Waals surface area contributed by atoms with Crippen LogP contribution in [-0.4, -0.2) is 59.5 Å². The zero-order chi connectivity index (χ0) is 20.5. The number of aromatic nitrogens is 5. The topological polar surface area (TPSA) is 132 Å². The van der Waals surface area contributed by atoms with Crippen molar-refractivity contribution in [2.45, 2.75) is 38.9 Å². The van der Waals surface area contributed by atoms with Gasteiger partial charge in [0, 0.05) is 31.3 Å². The number of aliphatic hydroxyl groups is 1. The molecule has 4 N–H and O–H groups in total. The molecule has 1 aromatic carbocycles. The number of fused-ring (bicyclic) bond motifs is 1. The van der Waals surface area contributed by atoms with Crippen LogP contribution in [0.3, 0.4) is 0 Å². The van der Waals surface area contributed by atoms with Gasteiger partial charge in [-0.3, -0.25) is 0 Å². The molecule has 154 valence electrons. The SMILES string of the molecule is CCn1nnc2c(NCc3cc(O)c(Cl)cc3O)nc(N3CCC[C@@H]3CO)nc21. The number of aliphatic hydroxyl groups excluding tert-OH is 1. The van der Waals surface area contributed by atoms with Gasteiger partial charge in [-0.2, -0.15) is 9.97 Å². The second-order valence-electron chi connectivity index (χ2n) is 6.91. The van der Waals surface area contributed by atoms with Crippen LogP contribution in [0.2, 0.25) is 5.02 Å². The van der Waals surface area contributed by atoms with Gasteiger partial charge in [0.05, 0.1) is 17.7 Å². The lowest BCUT2D eigenvalue weighted by Crippen LogP contribution is -2.33. The molecule has 10 nitrogen and oxygen atoms in total. The van der Waals surface area contributed by atoms with E-state index >= 15 is 0 Å². The van der Waals surface area contributed by atoms with Crippen molar-refractivity contribution in [3.63, 3.8) is 0 Å². The molecule has 3 aromatic rings. The Kier molecular flexibility index (Phi) is 5.29. The minimum Gasteiger partial charge on any atom is -0.508 e. The van der Waals surface area contributed by atoms with Crippen LogP contribution < -0.4 is 10.2 Å². The van der Waals surface area contributed by atoms with Gasteiger partial charge in [-0.15, -0.1) is 5.10 Å². The van der Waals surface area contributed by atoms with Crippen molar-refractivity contribution in [3.8, 4) is 11.5 Å². The second-order valence-corrected chi connectivity index (χ2v) is 7.31. The first-order chi connectivity index (χ1) is 14.0. The Morgan fingerprint density at radius 3 is 2.83 bits per heavy atom. The number of rotatable bonds is 6. The molecular formula is C18H22ClN7O3. The van der Waals surface area contributed by atoms with E-state index < -0.39 is 0 Å². The third-order valence-electron chi connectivity index (χ3n) is 5.09. The molecule has 0 spiro atoms. The lowest BCUT2D eigenvalue weighted by atomic mass is 10.2. The van der Waals surface area contributed by atoms with Gasteiger partial charge in [0.25, 0.3) is 0 Å². The first kappa shape index (κ1) is 19.5. The highest BCUT2D eigenvalue weighted by Crippen LogP contribution is 2.32.